The van der Waals surface area contributed by atoms with E-state index in [1.54, 1.807) is 17.0 Å². The van der Waals surface area contributed by atoms with E-state index < -0.39 is 43.7 Å². The number of benzene rings is 2. The first-order chi connectivity index (χ1) is 21.6. The van der Waals surface area contributed by atoms with E-state index in [-0.39, 0.29) is 24.9 Å². The van der Waals surface area contributed by atoms with Crippen LogP contribution in [0.25, 0.3) is 0 Å². The van der Waals surface area contributed by atoms with Crippen LogP contribution in [0.1, 0.15) is 42.7 Å². The number of esters is 2. The minimum atomic E-state index is -1.44. The van der Waals surface area contributed by atoms with Gasteiger partial charge in [0.2, 0.25) is 0 Å². The van der Waals surface area contributed by atoms with Gasteiger partial charge in [-0.05, 0) is 54.3 Å². The lowest BCUT2D eigenvalue weighted by molar-refractivity contribution is -0.163. The Morgan fingerprint density at radius 3 is 2.29 bits per heavy atom. The fraction of sp³-hybridized carbons (Fsp3) is 0.529. The molecule has 0 radical (unpaired) electrons. The number of piperazine rings is 1. The van der Waals surface area contributed by atoms with Gasteiger partial charge < -0.3 is 29.2 Å². The van der Waals surface area contributed by atoms with Crippen LogP contribution in [0, 0.1) is 11.8 Å². The van der Waals surface area contributed by atoms with Crippen molar-refractivity contribution in [1.82, 2.24) is 4.90 Å². The Kier molecular flexibility index (Phi) is 10.2. The molecule has 1 saturated heterocycles. The van der Waals surface area contributed by atoms with Crippen LogP contribution in [0.15, 0.2) is 53.7 Å². The summed E-state index contributed by atoms with van der Waals surface area (Å²) in [5, 5.41) is 14.8. The van der Waals surface area contributed by atoms with E-state index in [1.165, 1.54) is 0 Å². The Bertz CT molecular complexity index is 1400. The molecule has 4 atom stereocenters. The van der Waals surface area contributed by atoms with Crippen molar-refractivity contribution in [2.45, 2.75) is 57.3 Å². The van der Waals surface area contributed by atoms with Gasteiger partial charge in [-0.15, -0.1) is 0 Å². The van der Waals surface area contributed by atoms with E-state index in [0.29, 0.717) is 38.2 Å². The second kappa shape index (κ2) is 14.1. The van der Waals surface area contributed by atoms with Crippen LogP contribution in [0.4, 0.5) is 5.69 Å². The molecule has 2 aromatic carbocycles. The average Bonchev–Trinajstić information content (AvgIpc) is 3.03. The first-order valence-corrected chi connectivity index (χ1v) is 19.7. The number of fused-ring (bicyclic) bond motifs is 2. The molecule has 0 spiro atoms. The highest BCUT2D eigenvalue weighted by atomic mass is 28.3. The number of rotatable bonds is 11. The number of anilines is 1. The third kappa shape index (κ3) is 7.51. The third-order valence-electron chi connectivity index (χ3n) is 8.99. The number of hydrogen-bond acceptors (Lipinski definition) is 9. The maximum absolute atomic E-state index is 13.6. The number of amides is 1. The van der Waals surface area contributed by atoms with Gasteiger partial charge in [-0.1, -0.05) is 56.0 Å². The number of carbonyl (C=O) groups excluding carboxylic acids is 3. The molecule has 242 valence electrons. The number of carbonyl (C=O) groups is 3. The predicted molar refractivity (Wildman–Crippen MR) is 174 cm³/mol. The molecule has 0 aromatic heterocycles. The predicted octanol–water partition coefficient (Wildman–Crippen LogP) is 4.77. The zero-order valence-corrected chi connectivity index (χ0v) is 27.7. The molecule has 2 bridgehead atoms. The Balaban J connectivity index is 1.32. The Morgan fingerprint density at radius 2 is 1.60 bits per heavy atom. The second-order valence-electron chi connectivity index (χ2n) is 13.4. The second-order valence-corrected chi connectivity index (χ2v) is 19.0. The molecule has 3 aliphatic carbocycles. The minimum Gasteiger partial charge on any atom is -0.508 e. The highest BCUT2D eigenvalue weighted by Crippen LogP contribution is 2.56. The molecule has 2 aromatic rings. The summed E-state index contributed by atoms with van der Waals surface area (Å²) in [4.78, 5) is 50.0. The van der Waals surface area contributed by atoms with Crippen molar-refractivity contribution in [2.24, 2.45) is 17.0 Å². The maximum Gasteiger partial charge on any atom is 0.310 e. The summed E-state index contributed by atoms with van der Waals surface area (Å²) < 4.78 is 11.4. The van der Waals surface area contributed by atoms with Crippen LogP contribution < -0.4 is 4.90 Å². The number of hydrogen-bond donors (Lipinski definition) is 1. The minimum absolute atomic E-state index is 0.0568. The quantitative estimate of drug-likeness (QED) is 0.213. The number of oxime groups is 1. The van der Waals surface area contributed by atoms with Crippen molar-refractivity contribution in [1.29, 1.82) is 0 Å². The Hall–Kier alpha value is -3.86. The third-order valence-corrected chi connectivity index (χ3v) is 10.7. The number of nitrogens with zero attached hydrogens (tertiary/aromatic N) is 3. The topological polar surface area (TPSA) is 118 Å². The first kappa shape index (κ1) is 32.5. The number of phenolic OH excluding ortho intramolecular Hbond substituents is 1. The summed E-state index contributed by atoms with van der Waals surface area (Å²) in [5.74, 6) is -3.70. The molecule has 1 aliphatic heterocycles. The molecular formula is C34H45N3O7Si. The summed E-state index contributed by atoms with van der Waals surface area (Å²) in [6.07, 6.45) is 1.01. The summed E-state index contributed by atoms with van der Waals surface area (Å²) in [7, 11) is -1.44. The van der Waals surface area contributed by atoms with Gasteiger partial charge in [0, 0.05) is 51.8 Å². The molecular weight excluding hydrogens is 590 g/mol. The molecule has 1 N–H and O–H groups in total. The van der Waals surface area contributed by atoms with Crippen molar-refractivity contribution >= 4 is 37.3 Å². The molecule has 11 heteroatoms. The fourth-order valence-corrected chi connectivity index (χ4v) is 7.36. The fourth-order valence-electron chi connectivity index (χ4n) is 6.64. The molecule has 4 aliphatic rings. The van der Waals surface area contributed by atoms with Crippen LogP contribution in [0.3, 0.4) is 0 Å². The van der Waals surface area contributed by atoms with Gasteiger partial charge in [-0.2, -0.15) is 0 Å². The summed E-state index contributed by atoms with van der Waals surface area (Å²) in [6, 6.07) is 16.0. The van der Waals surface area contributed by atoms with E-state index in [4.69, 9.17) is 14.3 Å². The first-order valence-electron chi connectivity index (χ1n) is 16.0. The largest absolute Gasteiger partial charge is 0.508 e. The summed E-state index contributed by atoms with van der Waals surface area (Å²) in [6.45, 7) is 11.5. The summed E-state index contributed by atoms with van der Waals surface area (Å²) >= 11 is 0. The van der Waals surface area contributed by atoms with Crippen LogP contribution in [0.2, 0.25) is 25.7 Å². The lowest BCUT2D eigenvalue weighted by Gasteiger charge is -2.47. The van der Waals surface area contributed by atoms with Crippen LogP contribution >= 0.6 is 0 Å². The highest BCUT2D eigenvalue weighted by Gasteiger charge is 2.57. The van der Waals surface area contributed by atoms with E-state index >= 15 is 0 Å². The van der Waals surface area contributed by atoms with Gasteiger partial charge in [0.1, 0.15) is 5.75 Å². The monoisotopic (exact) mass is 635 g/mol. The average molecular weight is 636 g/mol. The molecule has 2 fully saturated rings. The van der Waals surface area contributed by atoms with E-state index in [0.717, 1.165) is 35.9 Å². The molecule has 1 amide bonds. The van der Waals surface area contributed by atoms with E-state index in [2.05, 4.69) is 41.8 Å². The van der Waals surface area contributed by atoms with Gasteiger partial charge in [0.05, 0.1) is 30.8 Å². The van der Waals surface area contributed by atoms with Crippen LogP contribution in [-0.4, -0.2) is 87.6 Å². The standard InChI is InChI=1S/C34H45N3O7Si/c1-5-17-42-34(41)32-30-26-20-24(38)11-12-25(26)27(31(32)33(40)43-18-19-45(2,3)4)21-28(30)35-44-22-29(39)37-15-13-36(14-16-37)23-9-7-6-8-10-23/h6-12,20,27,30-32,38H,5,13-19,21-22H2,1-4H3. The summed E-state index contributed by atoms with van der Waals surface area (Å²) in [5.41, 5.74) is 3.30. The molecule has 45 heavy (non-hydrogen) atoms. The van der Waals surface area contributed by atoms with Gasteiger partial charge in [0.15, 0.2) is 6.61 Å². The van der Waals surface area contributed by atoms with Crippen molar-refractivity contribution in [2.75, 3.05) is 50.9 Å². The van der Waals surface area contributed by atoms with E-state index in [1.807, 2.05) is 31.2 Å². The molecule has 4 unspecified atom stereocenters. The van der Waals surface area contributed by atoms with Gasteiger partial charge in [-0.3, -0.25) is 14.4 Å². The van der Waals surface area contributed by atoms with Gasteiger partial charge in [0.25, 0.3) is 5.91 Å². The number of ether oxygens (including phenoxy) is 2. The van der Waals surface area contributed by atoms with Crippen molar-refractivity contribution in [3.8, 4) is 5.75 Å². The highest BCUT2D eigenvalue weighted by molar-refractivity contribution is 6.76. The van der Waals surface area contributed by atoms with Crippen molar-refractivity contribution in [3.05, 3.63) is 59.7 Å². The smallest absolute Gasteiger partial charge is 0.310 e. The van der Waals surface area contributed by atoms with Crippen LogP contribution in [-0.2, 0) is 28.7 Å². The lowest BCUT2D eigenvalue weighted by Crippen LogP contribution is -2.51. The number of aromatic hydroxyl groups is 1. The maximum atomic E-state index is 13.6. The van der Waals surface area contributed by atoms with Crippen molar-refractivity contribution < 1.29 is 33.8 Å². The van der Waals surface area contributed by atoms with E-state index in [9.17, 15) is 19.5 Å². The van der Waals surface area contributed by atoms with Crippen LogP contribution in [0.5, 0.6) is 5.75 Å². The normalized spacial score (nSPS) is 23.4. The van der Waals surface area contributed by atoms with Gasteiger partial charge in [-0.25, -0.2) is 0 Å². The molecule has 10 nitrogen and oxygen atoms in total. The SMILES string of the molecule is CCCOC(=O)C1C2C(=NOCC(=O)N3CCN(c4ccccc4)CC3)CC(c3ccc(O)cc32)C1C(=O)OCC[Si](C)(C)C. The Morgan fingerprint density at radius 1 is 0.911 bits per heavy atom. The zero-order valence-electron chi connectivity index (χ0n) is 26.7. The number of phenols is 1. The lowest BCUT2D eigenvalue weighted by atomic mass is 9.55. The van der Waals surface area contributed by atoms with Crippen molar-refractivity contribution in [3.63, 3.8) is 0 Å². The molecule has 1 heterocycles. The molecule has 6 rings (SSSR count). The zero-order chi connectivity index (χ0) is 32.1. The molecule has 1 saturated carbocycles. The Labute approximate surface area is 266 Å². The number of para-hydroxylation sites is 1. The van der Waals surface area contributed by atoms with Gasteiger partial charge >= 0.3 is 11.9 Å².